The van der Waals surface area contributed by atoms with E-state index in [4.69, 9.17) is 0 Å². The SMILES string of the molecule is CCCC(C)CCCCCC(C)CCCC(C)CCCC(C)CCCC(C)CCCC(C)CCCC(C)CCCC(C)CCCC(C)C. The first kappa shape index (κ1) is 48.0. The average Bonchev–Trinajstić information content (AvgIpc) is 3.01. The lowest BCUT2D eigenvalue weighted by atomic mass is 9.88. The molecule has 0 aromatic carbocycles. The topological polar surface area (TPSA) is 0 Å². The summed E-state index contributed by atoms with van der Waals surface area (Å²) in [6, 6.07) is 0. The minimum absolute atomic E-state index is 0.873. The van der Waals surface area contributed by atoms with E-state index in [-0.39, 0.29) is 0 Å². The Bertz CT molecular complexity index is 634. The van der Waals surface area contributed by atoms with E-state index in [1.54, 1.807) is 0 Å². The molecule has 0 heterocycles. The van der Waals surface area contributed by atoms with Crippen LogP contribution in [0.4, 0.5) is 0 Å². The van der Waals surface area contributed by atoms with Crippen LogP contribution >= 0.6 is 0 Å². The highest BCUT2D eigenvalue weighted by Gasteiger charge is 2.11. The maximum absolute atomic E-state index is 2.53. The molecule has 8 unspecified atom stereocenters. The molecular weight excluding hydrogens is 577 g/mol. The van der Waals surface area contributed by atoms with Gasteiger partial charge in [-0.2, -0.15) is 0 Å². The Morgan fingerprint density at radius 2 is 0.396 bits per heavy atom. The summed E-state index contributed by atoms with van der Waals surface area (Å²) in [5.74, 6) is 8.33. The number of hydrogen-bond donors (Lipinski definition) is 0. The van der Waals surface area contributed by atoms with Crippen LogP contribution in [-0.4, -0.2) is 0 Å². The second kappa shape index (κ2) is 32.9. The predicted octanol–water partition coefficient (Wildman–Crippen LogP) is 17.7. The van der Waals surface area contributed by atoms with E-state index in [0.29, 0.717) is 0 Å². The smallest absolute Gasteiger partial charge is 0.0443 e. The highest BCUT2D eigenvalue weighted by atomic mass is 14.2. The van der Waals surface area contributed by atoms with Gasteiger partial charge in [-0.3, -0.25) is 0 Å². The quantitative estimate of drug-likeness (QED) is 0.0580. The third-order valence-electron chi connectivity index (χ3n) is 12.5. The number of rotatable bonds is 36. The van der Waals surface area contributed by atoms with Crippen LogP contribution in [0.15, 0.2) is 0 Å². The molecule has 0 aliphatic carbocycles. The van der Waals surface area contributed by atoms with Crippen molar-refractivity contribution in [3.63, 3.8) is 0 Å². The Kier molecular flexibility index (Phi) is 32.9. The predicted molar refractivity (Wildman–Crippen MR) is 223 cm³/mol. The van der Waals surface area contributed by atoms with Crippen LogP contribution in [0, 0.1) is 53.3 Å². The van der Waals surface area contributed by atoms with E-state index in [2.05, 4.69) is 76.2 Å². The van der Waals surface area contributed by atoms with E-state index in [1.807, 2.05) is 0 Å². The fraction of sp³-hybridized carbons (Fsp3) is 1.00. The van der Waals surface area contributed by atoms with Crippen molar-refractivity contribution in [3.8, 4) is 0 Å². The van der Waals surface area contributed by atoms with E-state index in [1.165, 1.54) is 180 Å². The second-order valence-electron chi connectivity index (χ2n) is 19.2. The zero-order valence-electron chi connectivity index (χ0n) is 36.0. The Morgan fingerprint density at radius 3 is 0.604 bits per heavy atom. The molecule has 8 atom stereocenters. The molecule has 0 saturated carbocycles. The molecule has 0 aliphatic heterocycles. The molecule has 0 spiro atoms. The normalized spacial score (nSPS) is 17.2. The summed E-state index contributed by atoms with van der Waals surface area (Å²) < 4.78 is 0. The van der Waals surface area contributed by atoms with Crippen LogP contribution in [0.5, 0.6) is 0 Å². The Labute approximate surface area is 308 Å². The van der Waals surface area contributed by atoms with Crippen LogP contribution in [0.2, 0.25) is 0 Å². The summed E-state index contributed by atoms with van der Waals surface area (Å²) in [4.78, 5) is 0. The van der Waals surface area contributed by atoms with Crippen molar-refractivity contribution in [2.75, 3.05) is 0 Å². The summed E-state index contributed by atoms with van der Waals surface area (Å²) >= 11 is 0. The van der Waals surface area contributed by atoms with Gasteiger partial charge in [-0.05, 0) is 53.3 Å². The molecule has 0 aliphatic rings. The zero-order valence-corrected chi connectivity index (χ0v) is 36.0. The van der Waals surface area contributed by atoms with Gasteiger partial charge in [0.1, 0.15) is 0 Å². The summed E-state index contributed by atoms with van der Waals surface area (Å²) in [7, 11) is 0. The minimum atomic E-state index is 0.873. The molecule has 0 aromatic heterocycles. The fourth-order valence-electron chi connectivity index (χ4n) is 8.57. The molecule has 0 bridgehead atoms. The van der Waals surface area contributed by atoms with Gasteiger partial charge in [0.2, 0.25) is 0 Å². The maximum atomic E-state index is 2.53. The molecular formula is C48H98. The lowest BCUT2D eigenvalue weighted by Crippen LogP contribution is -2.03. The first-order valence-electron chi connectivity index (χ1n) is 22.9. The average molecular weight is 675 g/mol. The van der Waals surface area contributed by atoms with Crippen LogP contribution in [-0.2, 0) is 0 Å². The van der Waals surface area contributed by atoms with Gasteiger partial charge >= 0.3 is 0 Å². The van der Waals surface area contributed by atoms with E-state index < -0.39 is 0 Å². The van der Waals surface area contributed by atoms with Gasteiger partial charge in [0.05, 0.1) is 0 Å². The highest BCUT2D eigenvalue weighted by molar-refractivity contribution is 4.65. The molecule has 0 fully saturated rings. The van der Waals surface area contributed by atoms with Crippen molar-refractivity contribution >= 4 is 0 Å². The van der Waals surface area contributed by atoms with E-state index in [9.17, 15) is 0 Å². The van der Waals surface area contributed by atoms with Crippen LogP contribution in [0.3, 0.4) is 0 Å². The Morgan fingerprint density at radius 1 is 0.208 bits per heavy atom. The van der Waals surface area contributed by atoms with Crippen LogP contribution < -0.4 is 0 Å². The van der Waals surface area contributed by atoms with Crippen molar-refractivity contribution in [3.05, 3.63) is 0 Å². The molecule has 0 heteroatoms. The van der Waals surface area contributed by atoms with Gasteiger partial charge in [0, 0.05) is 0 Å². The first-order chi connectivity index (χ1) is 22.9. The molecule has 290 valence electrons. The Balaban J connectivity index is 3.68. The van der Waals surface area contributed by atoms with Crippen molar-refractivity contribution in [2.24, 2.45) is 53.3 Å². The van der Waals surface area contributed by atoms with Gasteiger partial charge in [-0.25, -0.2) is 0 Å². The van der Waals surface area contributed by atoms with Gasteiger partial charge in [0.15, 0.2) is 0 Å². The molecule has 0 radical (unpaired) electrons. The van der Waals surface area contributed by atoms with E-state index in [0.717, 1.165) is 53.3 Å². The van der Waals surface area contributed by atoms with E-state index >= 15 is 0 Å². The lowest BCUT2D eigenvalue weighted by Gasteiger charge is -2.18. The lowest BCUT2D eigenvalue weighted by molar-refractivity contribution is 0.353. The minimum Gasteiger partial charge on any atom is -0.0654 e. The van der Waals surface area contributed by atoms with Gasteiger partial charge in [-0.1, -0.05) is 256 Å². The highest BCUT2D eigenvalue weighted by Crippen LogP contribution is 2.27. The maximum Gasteiger partial charge on any atom is -0.0443 e. The third-order valence-corrected chi connectivity index (χ3v) is 12.5. The summed E-state index contributed by atoms with van der Waals surface area (Å²) in [5.41, 5.74) is 0. The van der Waals surface area contributed by atoms with Gasteiger partial charge < -0.3 is 0 Å². The van der Waals surface area contributed by atoms with Crippen LogP contribution in [0.25, 0.3) is 0 Å². The van der Waals surface area contributed by atoms with Crippen LogP contribution in [0.1, 0.15) is 256 Å². The number of unbranched alkanes of at least 4 members (excludes halogenated alkanes) is 2. The van der Waals surface area contributed by atoms with Crippen molar-refractivity contribution in [1.29, 1.82) is 0 Å². The largest absolute Gasteiger partial charge is 0.0654 e. The van der Waals surface area contributed by atoms with Crippen molar-refractivity contribution < 1.29 is 0 Å². The second-order valence-corrected chi connectivity index (χ2v) is 19.2. The van der Waals surface area contributed by atoms with Crippen molar-refractivity contribution in [2.45, 2.75) is 256 Å². The monoisotopic (exact) mass is 675 g/mol. The molecule has 0 aromatic rings. The molecule has 0 N–H and O–H groups in total. The summed E-state index contributed by atoms with van der Waals surface area (Å²) in [6.07, 6.45) is 40.6. The van der Waals surface area contributed by atoms with Gasteiger partial charge in [0.25, 0.3) is 0 Å². The molecule has 0 saturated heterocycles. The summed E-state index contributed by atoms with van der Waals surface area (Å²) in [6.45, 7) is 27.1. The van der Waals surface area contributed by atoms with Crippen molar-refractivity contribution in [1.82, 2.24) is 0 Å². The summed E-state index contributed by atoms with van der Waals surface area (Å²) in [5, 5.41) is 0. The molecule has 0 nitrogen and oxygen atoms in total. The zero-order chi connectivity index (χ0) is 36.0. The fourth-order valence-corrected chi connectivity index (χ4v) is 8.57. The van der Waals surface area contributed by atoms with Gasteiger partial charge in [-0.15, -0.1) is 0 Å². The Hall–Kier alpha value is 0. The first-order valence-corrected chi connectivity index (χ1v) is 22.9. The third kappa shape index (κ3) is 33.2. The molecule has 48 heavy (non-hydrogen) atoms. The molecule has 0 rings (SSSR count). The standard InChI is InChI=1S/C48H98/c1-12-23-41(4)25-14-13-15-26-42(5)28-17-30-44(7)32-19-34-46(9)36-21-38-48(11)39-22-37-47(10)35-20-33-45(8)31-18-29-43(6)27-16-24-40(2)3/h40-48H,12-39H2,1-11H3. The molecule has 0 amide bonds. The number of hydrogen-bond acceptors (Lipinski definition) is 0.